The molecule has 1 nitrogen and oxygen atoms in total. The molecule has 1 aromatic rings. The molecule has 0 saturated carbocycles. The number of nitrogens with one attached hydrogen (secondary N) is 1. The van der Waals surface area contributed by atoms with Gasteiger partial charge in [0, 0.05) is 12.0 Å². The molecule has 1 heteroatoms. The van der Waals surface area contributed by atoms with Crippen LogP contribution >= 0.6 is 0 Å². The van der Waals surface area contributed by atoms with E-state index in [0.717, 1.165) is 13.1 Å². The topological polar surface area (TPSA) is 12.0 Å². The zero-order chi connectivity index (χ0) is 14.4. The van der Waals surface area contributed by atoms with Gasteiger partial charge >= 0.3 is 0 Å². The first-order chi connectivity index (χ1) is 8.93. The highest BCUT2D eigenvalue weighted by Crippen LogP contribution is 2.36. The van der Waals surface area contributed by atoms with Crippen LogP contribution in [0.2, 0.25) is 0 Å². The fourth-order valence-corrected chi connectivity index (χ4v) is 2.61. The van der Waals surface area contributed by atoms with E-state index in [1.165, 1.54) is 24.8 Å². The highest BCUT2D eigenvalue weighted by Gasteiger charge is 2.31. The van der Waals surface area contributed by atoms with Gasteiger partial charge in [-0.15, -0.1) is 0 Å². The lowest BCUT2D eigenvalue weighted by atomic mass is 9.71. The second-order valence-corrected chi connectivity index (χ2v) is 6.84. The minimum Gasteiger partial charge on any atom is -0.316 e. The van der Waals surface area contributed by atoms with E-state index in [1.807, 2.05) is 0 Å². The Hall–Kier alpha value is -0.820. The molecular formula is C18H31N. The third-order valence-corrected chi connectivity index (χ3v) is 4.13. The molecule has 0 radical (unpaired) electrons. The van der Waals surface area contributed by atoms with Crippen molar-refractivity contribution in [1.29, 1.82) is 0 Å². The lowest BCUT2D eigenvalue weighted by Gasteiger charge is -2.36. The SMILES string of the molecule is CCNCC(CC)(CCC(C)(C)C)c1ccccc1. The average Bonchev–Trinajstić information content (AvgIpc) is 2.40. The second kappa shape index (κ2) is 7.09. The van der Waals surface area contributed by atoms with Gasteiger partial charge in [0.2, 0.25) is 0 Å². The van der Waals surface area contributed by atoms with Gasteiger partial charge in [-0.25, -0.2) is 0 Å². The molecule has 0 amide bonds. The van der Waals surface area contributed by atoms with Gasteiger partial charge in [-0.1, -0.05) is 65.0 Å². The van der Waals surface area contributed by atoms with Gasteiger partial charge in [0.15, 0.2) is 0 Å². The summed E-state index contributed by atoms with van der Waals surface area (Å²) in [6.07, 6.45) is 3.71. The van der Waals surface area contributed by atoms with Crippen molar-refractivity contribution in [3.05, 3.63) is 35.9 Å². The van der Waals surface area contributed by atoms with E-state index in [4.69, 9.17) is 0 Å². The summed E-state index contributed by atoms with van der Waals surface area (Å²) in [5.41, 5.74) is 2.18. The van der Waals surface area contributed by atoms with Crippen molar-refractivity contribution in [1.82, 2.24) is 5.32 Å². The highest BCUT2D eigenvalue weighted by atomic mass is 14.9. The Kier molecular flexibility index (Phi) is 6.06. The zero-order valence-corrected chi connectivity index (χ0v) is 13.4. The quantitative estimate of drug-likeness (QED) is 0.745. The monoisotopic (exact) mass is 261 g/mol. The van der Waals surface area contributed by atoms with E-state index in [-0.39, 0.29) is 5.41 Å². The molecule has 108 valence electrons. The Balaban J connectivity index is 2.94. The predicted octanol–water partition coefficient (Wildman–Crippen LogP) is 4.77. The smallest absolute Gasteiger partial charge is 0.00753 e. The standard InChI is InChI=1S/C18H31N/c1-6-18(15-19-7-2,14-13-17(3,4)5)16-11-9-8-10-12-16/h8-12,19H,6-7,13-15H2,1-5H3. The molecule has 1 N–H and O–H groups in total. The van der Waals surface area contributed by atoms with E-state index in [2.05, 4.69) is 70.3 Å². The maximum Gasteiger partial charge on any atom is 0.00753 e. The Morgan fingerprint density at radius 1 is 0.947 bits per heavy atom. The van der Waals surface area contributed by atoms with Crippen molar-refractivity contribution < 1.29 is 0 Å². The number of likely N-dealkylation sites (N-methyl/N-ethyl adjacent to an activating group) is 1. The molecule has 0 heterocycles. The Morgan fingerprint density at radius 3 is 2.05 bits per heavy atom. The maximum atomic E-state index is 3.57. The molecule has 0 spiro atoms. The van der Waals surface area contributed by atoms with Gasteiger partial charge in [0.1, 0.15) is 0 Å². The molecule has 0 aromatic heterocycles. The van der Waals surface area contributed by atoms with E-state index >= 15 is 0 Å². The van der Waals surface area contributed by atoms with Gasteiger partial charge < -0.3 is 5.32 Å². The first kappa shape index (κ1) is 16.2. The van der Waals surface area contributed by atoms with Gasteiger partial charge in [-0.2, -0.15) is 0 Å². The van der Waals surface area contributed by atoms with Crippen LogP contribution in [-0.4, -0.2) is 13.1 Å². The normalized spacial score (nSPS) is 15.2. The molecule has 0 aliphatic carbocycles. The number of hydrogen-bond donors (Lipinski definition) is 1. The summed E-state index contributed by atoms with van der Waals surface area (Å²) in [6.45, 7) is 13.7. The summed E-state index contributed by atoms with van der Waals surface area (Å²) in [6, 6.07) is 11.0. The molecule has 1 aromatic carbocycles. The molecule has 19 heavy (non-hydrogen) atoms. The Morgan fingerprint density at radius 2 is 1.58 bits per heavy atom. The van der Waals surface area contributed by atoms with Crippen LogP contribution in [0.15, 0.2) is 30.3 Å². The highest BCUT2D eigenvalue weighted by molar-refractivity contribution is 5.26. The van der Waals surface area contributed by atoms with Crippen LogP contribution in [0.25, 0.3) is 0 Å². The fraction of sp³-hybridized carbons (Fsp3) is 0.667. The molecule has 1 unspecified atom stereocenters. The van der Waals surface area contributed by atoms with Gasteiger partial charge in [0.25, 0.3) is 0 Å². The fourth-order valence-electron chi connectivity index (χ4n) is 2.61. The molecule has 0 saturated heterocycles. The minimum absolute atomic E-state index is 0.282. The van der Waals surface area contributed by atoms with Crippen LogP contribution in [0.3, 0.4) is 0 Å². The molecule has 0 aliphatic rings. The summed E-state index contributed by atoms with van der Waals surface area (Å²) in [7, 11) is 0. The van der Waals surface area contributed by atoms with Crippen LogP contribution in [-0.2, 0) is 5.41 Å². The summed E-state index contributed by atoms with van der Waals surface area (Å²) in [5.74, 6) is 0. The van der Waals surface area contributed by atoms with Crippen LogP contribution < -0.4 is 5.32 Å². The molecular weight excluding hydrogens is 230 g/mol. The van der Waals surface area contributed by atoms with E-state index in [1.54, 1.807) is 0 Å². The van der Waals surface area contributed by atoms with Gasteiger partial charge in [0.05, 0.1) is 0 Å². The Labute approximate surface area is 119 Å². The molecule has 1 rings (SSSR count). The summed E-state index contributed by atoms with van der Waals surface area (Å²) in [5, 5.41) is 3.57. The van der Waals surface area contributed by atoms with Crippen molar-refractivity contribution in [2.75, 3.05) is 13.1 Å². The van der Waals surface area contributed by atoms with Crippen LogP contribution in [0.5, 0.6) is 0 Å². The maximum absolute atomic E-state index is 3.57. The lowest BCUT2D eigenvalue weighted by molar-refractivity contribution is 0.275. The summed E-state index contributed by atoms with van der Waals surface area (Å²) >= 11 is 0. The van der Waals surface area contributed by atoms with Crippen LogP contribution in [0.4, 0.5) is 0 Å². The molecule has 0 aliphatic heterocycles. The minimum atomic E-state index is 0.282. The first-order valence-corrected chi connectivity index (χ1v) is 7.70. The number of rotatable bonds is 7. The van der Waals surface area contributed by atoms with Crippen molar-refractivity contribution in [2.45, 2.75) is 59.3 Å². The van der Waals surface area contributed by atoms with E-state index in [0.29, 0.717) is 5.41 Å². The van der Waals surface area contributed by atoms with Gasteiger partial charge in [-0.05, 0) is 36.8 Å². The van der Waals surface area contributed by atoms with Crippen LogP contribution in [0.1, 0.15) is 59.4 Å². The third-order valence-electron chi connectivity index (χ3n) is 4.13. The van der Waals surface area contributed by atoms with Crippen molar-refractivity contribution in [2.24, 2.45) is 5.41 Å². The van der Waals surface area contributed by atoms with E-state index < -0.39 is 0 Å². The second-order valence-electron chi connectivity index (χ2n) is 6.84. The largest absolute Gasteiger partial charge is 0.316 e. The Bertz CT molecular complexity index is 350. The average molecular weight is 261 g/mol. The summed E-state index contributed by atoms with van der Waals surface area (Å²) < 4.78 is 0. The number of benzene rings is 1. The lowest BCUT2D eigenvalue weighted by Crippen LogP contribution is -2.38. The molecule has 0 fully saturated rings. The van der Waals surface area contributed by atoms with E-state index in [9.17, 15) is 0 Å². The van der Waals surface area contributed by atoms with Crippen molar-refractivity contribution in [3.63, 3.8) is 0 Å². The van der Waals surface area contributed by atoms with Crippen molar-refractivity contribution in [3.8, 4) is 0 Å². The van der Waals surface area contributed by atoms with Crippen LogP contribution in [0, 0.1) is 5.41 Å². The van der Waals surface area contributed by atoms with Gasteiger partial charge in [-0.3, -0.25) is 0 Å². The zero-order valence-electron chi connectivity index (χ0n) is 13.4. The predicted molar refractivity (Wildman–Crippen MR) is 85.6 cm³/mol. The van der Waals surface area contributed by atoms with Crippen molar-refractivity contribution >= 4 is 0 Å². The first-order valence-electron chi connectivity index (χ1n) is 7.70. The number of hydrogen-bond acceptors (Lipinski definition) is 1. The summed E-state index contributed by atoms with van der Waals surface area (Å²) in [4.78, 5) is 0. The third kappa shape index (κ3) is 4.99. The molecule has 0 bridgehead atoms. The molecule has 1 atom stereocenters.